The lowest BCUT2D eigenvalue weighted by molar-refractivity contribution is -0.121. The van der Waals surface area contributed by atoms with Crippen LogP contribution in [0.15, 0.2) is 5.10 Å². The normalized spacial score (nSPS) is 15.8. The van der Waals surface area contributed by atoms with Gasteiger partial charge >= 0.3 is 0 Å². The van der Waals surface area contributed by atoms with Gasteiger partial charge in [0, 0.05) is 19.4 Å². The summed E-state index contributed by atoms with van der Waals surface area (Å²) in [7, 11) is 0. The highest BCUT2D eigenvalue weighted by Gasteiger charge is 2.22. The zero-order valence-corrected chi connectivity index (χ0v) is 9.33. The van der Waals surface area contributed by atoms with Crippen molar-refractivity contribution >= 4 is 17.5 Å². The van der Waals surface area contributed by atoms with Crippen LogP contribution in [0.4, 0.5) is 0 Å². The first-order valence-electron chi connectivity index (χ1n) is 4.99. The third-order valence-electron chi connectivity index (χ3n) is 2.16. The van der Waals surface area contributed by atoms with Gasteiger partial charge in [-0.15, -0.1) is 0 Å². The van der Waals surface area contributed by atoms with E-state index in [0.29, 0.717) is 12.1 Å². The minimum atomic E-state index is -0.603. The van der Waals surface area contributed by atoms with Gasteiger partial charge in [-0.3, -0.25) is 9.59 Å². The van der Waals surface area contributed by atoms with E-state index >= 15 is 0 Å². The van der Waals surface area contributed by atoms with Crippen molar-refractivity contribution in [2.75, 3.05) is 6.54 Å². The summed E-state index contributed by atoms with van der Waals surface area (Å²) in [4.78, 5) is 22.4. The molecule has 0 bridgehead atoms. The average molecular weight is 222 g/mol. The van der Waals surface area contributed by atoms with E-state index < -0.39 is 5.41 Å². The van der Waals surface area contributed by atoms with Gasteiger partial charge < -0.3 is 5.32 Å². The molecule has 0 atom stereocenters. The second-order valence-corrected chi connectivity index (χ2v) is 4.27. The molecule has 0 spiro atoms. The summed E-state index contributed by atoms with van der Waals surface area (Å²) < 4.78 is 0. The molecule has 6 heteroatoms. The molecule has 1 aliphatic rings. The molecule has 0 unspecified atom stereocenters. The third kappa shape index (κ3) is 3.35. The van der Waals surface area contributed by atoms with Crippen LogP contribution < -0.4 is 10.7 Å². The Morgan fingerprint density at radius 2 is 2.31 bits per heavy atom. The fourth-order valence-electron chi connectivity index (χ4n) is 1.08. The van der Waals surface area contributed by atoms with E-state index in [-0.39, 0.29) is 24.8 Å². The molecule has 0 fully saturated rings. The van der Waals surface area contributed by atoms with Crippen molar-refractivity contribution in [2.45, 2.75) is 26.7 Å². The molecule has 0 aromatic heterocycles. The lowest BCUT2D eigenvalue weighted by atomic mass is 9.96. The van der Waals surface area contributed by atoms with E-state index in [9.17, 15) is 9.59 Å². The largest absolute Gasteiger partial charge is 0.349 e. The molecule has 0 aromatic carbocycles. The molecule has 0 saturated heterocycles. The summed E-state index contributed by atoms with van der Waals surface area (Å²) in [6.45, 7) is 3.73. The van der Waals surface area contributed by atoms with Crippen LogP contribution in [0.5, 0.6) is 0 Å². The van der Waals surface area contributed by atoms with Crippen LogP contribution in [0.2, 0.25) is 0 Å². The topological polar surface area (TPSA) is 94.3 Å². The zero-order valence-electron chi connectivity index (χ0n) is 9.33. The molecule has 0 saturated carbocycles. The summed E-state index contributed by atoms with van der Waals surface area (Å²) in [5, 5.41) is 15.0. The quantitative estimate of drug-likeness (QED) is 0.699. The number of hydrogen-bond donors (Lipinski definition) is 2. The maximum Gasteiger partial charge on any atom is 0.267 e. The number of rotatable bonds is 3. The van der Waals surface area contributed by atoms with Crippen LogP contribution in [0.3, 0.4) is 0 Å². The fraction of sp³-hybridized carbons (Fsp3) is 0.600. The highest BCUT2D eigenvalue weighted by molar-refractivity contribution is 6.39. The summed E-state index contributed by atoms with van der Waals surface area (Å²) in [6.07, 6.45) is 0.610. The Morgan fingerprint density at radius 1 is 1.62 bits per heavy atom. The van der Waals surface area contributed by atoms with E-state index in [0.717, 1.165) is 0 Å². The summed E-state index contributed by atoms with van der Waals surface area (Å²) in [6, 6.07) is 2.08. The maximum absolute atomic E-state index is 11.6. The second kappa shape index (κ2) is 4.75. The first kappa shape index (κ1) is 12.2. The Balaban J connectivity index is 2.48. The highest BCUT2D eigenvalue weighted by Crippen LogP contribution is 2.10. The van der Waals surface area contributed by atoms with Crippen LogP contribution in [0.1, 0.15) is 26.7 Å². The molecule has 0 aliphatic carbocycles. The Kier molecular flexibility index (Phi) is 3.61. The van der Waals surface area contributed by atoms with Crippen molar-refractivity contribution in [3.8, 4) is 6.07 Å². The van der Waals surface area contributed by atoms with Crippen molar-refractivity contribution in [1.82, 2.24) is 10.7 Å². The van der Waals surface area contributed by atoms with Crippen LogP contribution >= 0.6 is 0 Å². The maximum atomic E-state index is 11.6. The van der Waals surface area contributed by atoms with Crippen LogP contribution in [-0.2, 0) is 9.59 Å². The zero-order chi connectivity index (χ0) is 12.2. The van der Waals surface area contributed by atoms with Gasteiger partial charge in [0.2, 0.25) is 5.91 Å². The minimum absolute atomic E-state index is 0.186. The third-order valence-corrected chi connectivity index (χ3v) is 2.16. The Morgan fingerprint density at radius 3 is 2.81 bits per heavy atom. The Labute approximate surface area is 93.7 Å². The molecule has 1 aliphatic heterocycles. The number of nitriles is 1. The van der Waals surface area contributed by atoms with Gasteiger partial charge in [-0.1, -0.05) is 0 Å². The molecule has 86 valence electrons. The van der Waals surface area contributed by atoms with Gasteiger partial charge in [-0.25, -0.2) is 5.43 Å². The van der Waals surface area contributed by atoms with Crippen molar-refractivity contribution in [3.05, 3.63) is 0 Å². The molecule has 6 nitrogen and oxygen atoms in total. The van der Waals surface area contributed by atoms with E-state index in [1.165, 1.54) is 0 Å². The van der Waals surface area contributed by atoms with Crippen LogP contribution in [0.25, 0.3) is 0 Å². The number of hydrazone groups is 1. The number of nitrogens with zero attached hydrogens (tertiary/aromatic N) is 2. The van der Waals surface area contributed by atoms with Gasteiger partial charge in [0.25, 0.3) is 5.91 Å². The molecule has 1 heterocycles. The van der Waals surface area contributed by atoms with Gasteiger partial charge in [0.15, 0.2) is 0 Å². The smallest absolute Gasteiger partial charge is 0.267 e. The number of nitrogens with one attached hydrogen (secondary N) is 2. The number of hydrogen-bond acceptors (Lipinski definition) is 4. The van der Waals surface area contributed by atoms with Crippen molar-refractivity contribution < 1.29 is 9.59 Å². The monoisotopic (exact) mass is 222 g/mol. The summed E-state index contributed by atoms with van der Waals surface area (Å²) >= 11 is 0. The SMILES string of the molecule is CC(C)(C#N)CNC(=O)C1=NNC(=O)CC1. The second-order valence-electron chi connectivity index (χ2n) is 4.27. The predicted octanol–water partition coefficient (Wildman–Crippen LogP) is -0.0816. The molecule has 16 heavy (non-hydrogen) atoms. The fourth-order valence-corrected chi connectivity index (χ4v) is 1.08. The molecule has 0 radical (unpaired) electrons. The summed E-state index contributed by atoms with van der Waals surface area (Å²) in [5.41, 5.74) is 1.94. The predicted molar refractivity (Wildman–Crippen MR) is 57.2 cm³/mol. The van der Waals surface area contributed by atoms with Crippen LogP contribution in [-0.4, -0.2) is 24.1 Å². The summed E-state index contributed by atoms with van der Waals surface area (Å²) in [5.74, 6) is -0.516. The Hall–Kier alpha value is -1.90. The molecule has 2 N–H and O–H groups in total. The van der Waals surface area contributed by atoms with Gasteiger partial charge in [-0.05, 0) is 13.8 Å². The van der Waals surface area contributed by atoms with Crippen LogP contribution in [0, 0.1) is 16.7 Å². The van der Waals surface area contributed by atoms with E-state index in [4.69, 9.17) is 5.26 Å². The molecular weight excluding hydrogens is 208 g/mol. The molecule has 1 rings (SSSR count). The lowest BCUT2D eigenvalue weighted by Gasteiger charge is -2.17. The number of carbonyl (C=O) groups is 2. The molecule has 0 aromatic rings. The number of amides is 2. The van der Waals surface area contributed by atoms with E-state index in [2.05, 4.69) is 21.9 Å². The molecular formula is C10H14N4O2. The average Bonchev–Trinajstić information content (AvgIpc) is 2.27. The van der Waals surface area contributed by atoms with E-state index in [1.807, 2.05) is 0 Å². The first-order chi connectivity index (χ1) is 7.44. The van der Waals surface area contributed by atoms with E-state index in [1.54, 1.807) is 13.8 Å². The van der Waals surface area contributed by atoms with Gasteiger partial charge in [-0.2, -0.15) is 10.4 Å². The standard InChI is InChI=1S/C10H14N4O2/c1-10(2,5-11)6-12-9(16)7-3-4-8(15)14-13-7/h3-4,6H2,1-2H3,(H,12,16)(H,14,15). The number of carbonyl (C=O) groups excluding carboxylic acids is 2. The van der Waals surface area contributed by atoms with Crippen molar-refractivity contribution in [1.29, 1.82) is 5.26 Å². The van der Waals surface area contributed by atoms with Gasteiger partial charge in [0.05, 0.1) is 11.5 Å². The van der Waals surface area contributed by atoms with Crippen molar-refractivity contribution in [3.63, 3.8) is 0 Å². The minimum Gasteiger partial charge on any atom is -0.349 e. The first-order valence-corrected chi connectivity index (χ1v) is 4.99. The molecule has 2 amide bonds. The Bertz CT molecular complexity index is 379. The highest BCUT2D eigenvalue weighted by atomic mass is 16.2. The lowest BCUT2D eigenvalue weighted by Crippen LogP contribution is -2.40. The van der Waals surface area contributed by atoms with Gasteiger partial charge in [0.1, 0.15) is 5.71 Å². The van der Waals surface area contributed by atoms with Crippen molar-refractivity contribution in [2.24, 2.45) is 10.5 Å².